The summed E-state index contributed by atoms with van der Waals surface area (Å²) in [5, 5.41) is 6.07. The zero-order valence-electron chi connectivity index (χ0n) is 7.29. The molecule has 0 aromatic carbocycles. The van der Waals surface area contributed by atoms with Crippen molar-refractivity contribution >= 4 is 35.1 Å². The molecule has 0 aliphatic carbocycles. The molecule has 0 spiro atoms. The minimum absolute atomic E-state index is 0.000293. The van der Waals surface area contributed by atoms with E-state index in [0.29, 0.717) is 11.0 Å². The lowest BCUT2D eigenvalue weighted by atomic mass is 10.1. The Morgan fingerprint density at radius 1 is 1.57 bits per heavy atom. The third-order valence-electron chi connectivity index (χ3n) is 2.04. The molecule has 1 saturated heterocycles. The first-order valence-corrected chi connectivity index (χ1v) is 5.40. The number of carbonyl (C=O) groups excluding carboxylic acids is 1. The van der Waals surface area contributed by atoms with Crippen LogP contribution in [0, 0.1) is 0 Å². The summed E-state index contributed by atoms with van der Waals surface area (Å²) >= 11 is 6.78. The summed E-state index contributed by atoms with van der Waals surface area (Å²) in [6, 6.07) is -0.231. The fourth-order valence-corrected chi connectivity index (χ4v) is 2.00. The summed E-state index contributed by atoms with van der Waals surface area (Å²) in [4.78, 5) is 11.4. The van der Waals surface area contributed by atoms with Crippen LogP contribution < -0.4 is 10.6 Å². The van der Waals surface area contributed by atoms with Gasteiger partial charge in [-0.3, -0.25) is 4.79 Å². The molecule has 14 heavy (non-hydrogen) atoms. The lowest BCUT2D eigenvalue weighted by Gasteiger charge is -2.22. The fourth-order valence-electron chi connectivity index (χ4n) is 1.34. The van der Waals surface area contributed by atoms with Gasteiger partial charge in [0.15, 0.2) is 11.0 Å². The first-order valence-electron chi connectivity index (χ1n) is 4.29. The van der Waals surface area contributed by atoms with Crippen molar-refractivity contribution in [1.82, 2.24) is 14.1 Å². The first-order chi connectivity index (χ1) is 6.77. The van der Waals surface area contributed by atoms with Gasteiger partial charge >= 0.3 is 0 Å². The van der Waals surface area contributed by atoms with Crippen LogP contribution in [0.1, 0.15) is 12.8 Å². The van der Waals surface area contributed by atoms with Gasteiger partial charge in [0.25, 0.3) is 0 Å². The molecule has 1 fully saturated rings. The Balaban J connectivity index is 2.03. The zero-order chi connectivity index (χ0) is 9.97. The molecule has 2 N–H and O–H groups in total. The second kappa shape index (κ2) is 4.10. The van der Waals surface area contributed by atoms with Crippen LogP contribution in [0.4, 0.5) is 5.82 Å². The number of hydrogen-bond acceptors (Lipinski definition) is 5. The SMILES string of the molecule is O=C1NCCCC1Nc1nsnc1Cl. The van der Waals surface area contributed by atoms with Crippen LogP contribution in [0.3, 0.4) is 0 Å². The van der Waals surface area contributed by atoms with E-state index in [9.17, 15) is 4.79 Å². The molecule has 1 aromatic heterocycles. The van der Waals surface area contributed by atoms with E-state index < -0.39 is 0 Å². The van der Waals surface area contributed by atoms with Crippen LogP contribution in [0.15, 0.2) is 0 Å². The predicted molar refractivity (Wildman–Crippen MR) is 54.6 cm³/mol. The molecule has 2 heterocycles. The van der Waals surface area contributed by atoms with Gasteiger partial charge < -0.3 is 10.6 Å². The van der Waals surface area contributed by atoms with E-state index in [-0.39, 0.29) is 11.9 Å². The molecule has 1 amide bonds. The molecule has 0 saturated carbocycles. The molecular weight excluding hydrogens is 224 g/mol. The maximum atomic E-state index is 11.4. The van der Waals surface area contributed by atoms with Crippen molar-refractivity contribution in [2.45, 2.75) is 18.9 Å². The van der Waals surface area contributed by atoms with Crippen LogP contribution in [0.5, 0.6) is 0 Å². The van der Waals surface area contributed by atoms with E-state index in [1.54, 1.807) is 0 Å². The van der Waals surface area contributed by atoms with E-state index in [4.69, 9.17) is 11.6 Å². The molecule has 0 radical (unpaired) electrons. The Morgan fingerprint density at radius 2 is 2.43 bits per heavy atom. The van der Waals surface area contributed by atoms with Gasteiger partial charge in [0, 0.05) is 6.54 Å². The number of carbonyl (C=O) groups is 1. The highest BCUT2D eigenvalue weighted by Crippen LogP contribution is 2.20. The summed E-state index contributed by atoms with van der Waals surface area (Å²) in [6.07, 6.45) is 1.78. The van der Waals surface area contributed by atoms with Crippen molar-refractivity contribution in [3.63, 3.8) is 0 Å². The van der Waals surface area contributed by atoms with Crippen LogP contribution in [-0.4, -0.2) is 27.2 Å². The van der Waals surface area contributed by atoms with E-state index in [2.05, 4.69) is 19.4 Å². The van der Waals surface area contributed by atoms with Gasteiger partial charge in [0.05, 0.1) is 11.7 Å². The van der Waals surface area contributed by atoms with Crippen molar-refractivity contribution in [2.24, 2.45) is 0 Å². The van der Waals surface area contributed by atoms with E-state index in [1.807, 2.05) is 0 Å². The van der Waals surface area contributed by atoms with Gasteiger partial charge in [0.1, 0.15) is 6.04 Å². The summed E-state index contributed by atoms with van der Waals surface area (Å²) in [5.41, 5.74) is 0. The van der Waals surface area contributed by atoms with Gasteiger partial charge in [-0.25, -0.2) is 0 Å². The zero-order valence-corrected chi connectivity index (χ0v) is 8.86. The van der Waals surface area contributed by atoms with Gasteiger partial charge in [-0.2, -0.15) is 8.75 Å². The van der Waals surface area contributed by atoms with E-state index in [0.717, 1.165) is 31.1 Å². The molecule has 1 aromatic rings. The Bertz CT molecular complexity index is 342. The molecule has 2 rings (SSSR count). The normalized spacial score (nSPS) is 21.8. The second-order valence-electron chi connectivity index (χ2n) is 3.03. The predicted octanol–water partition coefficient (Wildman–Crippen LogP) is 0.882. The Kier molecular flexibility index (Phi) is 2.83. The van der Waals surface area contributed by atoms with Crippen LogP contribution in [-0.2, 0) is 4.79 Å². The summed E-state index contributed by atoms with van der Waals surface area (Å²) in [5.74, 6) is 0.499. The van der Waals surface area contributed by atoms with Crippen LogP contribution in [0.25, 0.3) is 0 Å². The van der Waals surface area contributed by atoms with Crippen LogP contribution in [0.2, 0.25) is 5.15 Å². The topological polar surface area (TPSA) is 66.9 Å². The molecular formula is C7H9ClN4OS. The lowest BCUT2D eigenvalue weighted by Crippen LogP contribution is -2.44. The number of nitrogens with one attached hydrogen (secondary N) is 2. The summed E-state index contributed by atoms with van der Waals surface area (Å²) < 4.78 is 7.76. The van der Waals surface area contributed by atoms with Crippen molar-refractivity contribution in [3.05, 3.63) is 5.15 Å². The third kappa shape index (κ3) is 1.96. The van der Waals surface area contributed by atoms with Gasteiger partial charge in [0.2, 0.25) is 5.91 Å². The minimum atomic E-state index is -0.231. The maximum Gasteiger partial charge on any atom is 0.242 e. The number of hydrogen-bond donors (Lipinski definition) is 2. The van der Waals surface area contributed by atoms with Crippen molar-refractivity contribution in [1.29, 1.82) is 0 Å². The number of anilines is 1. The highest BCUT2D eigenvalue weighted by atomic mass is 35.5. The van der Waals surface area contributed by atoms with Crippen molar-refractivity contribution in [3.8, 4) is 0 Å². The first kappa shape index (κ1) is 9.67. The maximum absolute atomic E-state index is 11.4. The number of aromatic nitrogens is 2. The lowest BCUT2D eigenvalue weighted by molar-refractivity contribution is -0.123. The minimum Gasteiger partial charge on any atom is -0.355 e. The smallest absolute Gasteiger partial charge is 0.242 e. The largest absolute Gasteiger partial charge is 0.355 e. The third-order valence-corrected chi connectivity index (χ3v) is 2.94. The average Bonchev–Trinajstić information content (AvgIpc) is 2.56. The number of piperidine rings is 1. The molecule has 5 nitrogen and oxygen atoms in total. The van der Waals surface area contributed by atoms with Crippen molar-refractivity contribution in [2.75, 3.05) is 11.9 Å². The molecule has 1 unspecified atom stereocenters. The second-order valence-corrected chi connectivity index (χ2v) is 3.92. The Morgan fingerprint density at radius 3 is 3.07 bits per heavy atom. The molecule has 1 aliphatic heterocycles. The van der Waals surface area contributed by atoms with Crippen molar-refractivity contribution < 1.29 is 4.79 Å². The van der Waals surface area contributed by atoms with Crippen LogP contribution >= 0.6 is 23.3 Å². The number of amides is 1. The van der Waals surface area contributed by atoms with Gasteiger partial charge in [-0.1, -0.05) is 11.6 Å². The summed E-state index contributed by atoms with van der Waals surface area (Å²) in [7, 11) is 0. The number of halogens is 1. The molecule has 0 bridgehead atoms. The van der Waals surface area contributed by atoms with E-state index >= 15 is 0 Å². The van der Waals surface area contributed by atoms with Gasteiger partial charge in [-0.15, -0.1) is 0 Å². The Hall–Kier alpha value is -0.880. The molecule has 76 valence electrons. The fraction of sp³-hybridized carbons (Fsp3) is 0.571. The standard InChI is InChI=1S/C7H9ClN4OS/c8-5-6(12-14-11-5)10-4-2-1-3-9-7(4)13/h4H,1-3H2,(H,9,13)(H,10,12). The number of nitrogens with zero attached hydrogens (tertiary/aromatic N) is 2. The highest BCUT2D eigenvalue weighted by Gasteiger charge is 2.23. The highest BCUT2D eigenvalue weighted by molar-refractivity contribution is 6.99. The quantitative estimate of drug-likeness (QED) is 0.795. The summed E-state index contributed by atoms with van der Waals surface area (Å²) in [6.45, 7) is 0.750. The number of rotatable bonds is 2. The molecule has 1 atom stereocenters. The molecule has 1 aliphatic rings. The Labute approximate surface area is 90.2 Å². The molecule has 7 heteroatoms. The average molecular weight is 233 g/mol. The van der Waals surface area contributed by atoms with Gasteiger partial charge in [-0.05, 0) is 12.8 Å². The van der Waals surface area contributed by atoms with E-state index in [1.165, 1.54) is 0 Å². The monoisotopic (exact) mass is 232 g/mol.